The zero-order valence-corrected chi connectivity index (χ0v) is 11.3. The third-order valence-electron chi connectivity index (χ3n) is 3.18. The molecule has 1 amide bonds. The lowest BCUT2D eigenvalue weighted by Gasteiger charge is -2.17. The van der Waals surface area contributed by atoms with Gasteiger partial charge in [-0.2, -0.15) is 0 Å². The van der Waals surface area contributed by atoms with E-state index in [0.29, 0.717) is 19.4 Å². The van der Waals surface area contributed by atoms with E-state index in [1.807, 2.05) is 29.8 Å². The standard InChI is InChI=1S/C14H19N3O2/c1-16(14(19)4-3-7-18)9-11-5-6-13-12(8-11)15-10-17(13)2/h5-6,8,10,18H,3-4,7,9H2,1-2H3. The molecule has 0 radical (unpaired) electrons. The Bertz CT molecular complexity index is 577. The van der Waals surface area contributed by atoms with Crippen molar-refractivity contribution in [1.29, 1.82) is 0 Å². The molecule has 0 aliphatic carbocycles. The fraction of sp³-hybridized carbons (Fsp3) is 0.429. The van der Waals surface area contributed by atoms with E-state index >= 15 is 0 Å². The zero-order chi connectivity index (χ0) is 13.8. The van der Waals surface area contributed by atoms with Crippen molar-refractivity contribution in [3.63, 3.8) is 0 Å². The SMILES string of the molecule is CN(Cc1ccc2c(c1)ncn2C)C(=O)CCCO. The van der Waals surface area contributed by atoms with Crippen molar-refractivity contribution in [3.8, 4) is 0 Å². The largest absolute Gasteiger partial charge is 0.396 e. The topological polar surface area (TPSA) is 58.4 Å². The van der Waals surface area contributed by atoms with Crippen LogP contribution >= 0.6 is 0 Å². The molecule has 19 heavy (non-hydrogen) atoms. The lowest BCUT2D eigenvalue weighted by Crippen LogP contribution is -2.26. The molecule has 0 aliphatic rings. The summed E-state index contributed by atoms with van der Waals surface area (Å²) in [6.45, 7) is 0.621. The highest BCUT2D eigenvalue weighted by atomic mass is 16.3. The average Bonchev–Trinajstić information content (AvgIpc) is 2.77. The Labute approximate surface area is 112 Å². The van der Waals surface area contributed by atoms with E-state index in [4.69, 9.17) is 5.11 Å². The molecule has 0 saturated carbocycles. The number of carbonyl (C=O) groups is 1. The number of benzene rings is 1. The number of rotatable bonds is 5. The van der Waals surface area contributed by atoms with Gasteiger partial charge in [-0.25, -0.2) is 4.98 Å². The molecule has 1 aromatic carbocycles. The first-order valence-electron chi connectivity index (χ1n) is 6.36. The summed E-state index contributed by atoms with van der Waals surface area (Å²) in [5.41, 5.74) is 3.08. The van der Waals surface area contributed by atoms with Gasteiger partial charge in [-0.1, -0.05) is 6.07 Å². The summed E-state index contributed by atoms with van der Waals surface area (Å²) in [6, 6.07) is 6.04. The molecule has 5 nitrogen and oxygen atoms in total. The Hall–Kier alpha value is -1.88. The number of hydrogen-bond donors (Lipinski definition) is 1. The highest BCUT2D eigenvalue weighted by Gasteiger charge is 2.09. The van der Waals surface area contributed by atoms with Gasteiger partial charge in [0.2, 0.25) is 5.91 Å². The fourth-order valence-corrected chi connectivity index (χ4v) is 2.06. The molecule has 1 N–H and O–H groups in total. The van der Waals surface area contributed by atoms with Gasteiger partial charge < -0.3 is 14.6 Å². The molecule has 0 unspecified atom stereocenters. The summed E-state index contributed by atoms with van der Waals surface area (Å²) in [6.07, 6.45) is 2.69. The Kier molecular flexibility index (Phi) is 4.16. The monoisotopic (exact) mass is 261 g/mol. The van der Waals surface area contributed by atoms with Gasteiger partial charge in [-0.3, -0.25) is 4.79 Å². The van der Waals surface area contributed by atoms with Crippen molar-refractivity contribution in [2.24, 2.45) is 7.05 Å². The predicted molar refractivity (Wildman–Crippen MR) is 73.5 cm³/mol. The second-order valence-corrected chi connectivity index (χ2v) is 4.76. The Morgan fingerprint density at radius 1 is 1.47 bits per heavy atom. The van der Waals surface area contributed by atoms with Crippen LogP contribution in [0.4, 0.5) is 0 Å². The van der Waals surface area contributed by atoms with Crippen LogP contribution in [-0.2, 0) is 18.4 Å². The normalized spacial score (nSPS) is 10.9. The number of aliphatic hydroxyl groups is 1. The summed E-state index contributed by atoms with van der Waals surface area (Å²) in [4.78, 5) is 17.8. The zero-order valence-electron chi connectivity index (χ0n) is 11.3. The van der Waals surface area contributed by atoms with Crippen LogP contribution in [0.5, 0.6) is 0 Å². The minimum Gasteiger partial charge on any atom is -0.396 e. The molecule has 0 saturated heterocycles. The van der Waals surface area contributed by atoms with Crippen molar-refractivity contribution in [2.45, 2.75) is 19.4 Å². The third-order valence-corrected chi connectivity index (χ3v) is 3.18. The molecule has 1 aromatic heterocycles. The summed E-state index contributed by atoms with van der Waals surface area (Å²) in [7, 11) is 3.74. The van der Waals surface area contributed by atoms with E-state index in [-0.39, 0.29) is 12.5 Å². The lowest BCUT2D eigenvalue weighted by atomic mass is 10.2. The van der Waals surface area contributed by atoms with Crippen molar-refractivity contribution >= 4 is 16.9 Å². The quantitative estimate of drug-likeness (QED) is 0.882. The Morgan fingerprint density at radius 2 is 2.26 bits per heavy atom. The summed E-state index contributed by atoms with van der Waals surface area (Å²) in [5.74, 6) is 0.0511. The molecular formula is C14H19N3O2. The molecule has 5 heteroatoms. The van der Waals surface area contributed by atoms with Gasteiger partial charge >= 0.3 is 0 Å². The number of amides is 1. The van der Waals surface area contributed by atoms with Gasteiger partial charge in [0.15, 0.2) is 0 Å². The van der Waals surface area contributed by atoms with E-state index in [1.54, 1.807) is 18.3 Å². The molecular weight excluding hydrogens is 242 g/mol. The van der Waals surface area contributed by atoms with Crippen LogP contribution in [0.25, 0.3) is 11.0 Å². The minimum absolute atomic E-state index is 0.0511. The molecule has 0 fully saturated rings. The summed E-state index contributed by atoms with van der Waals surface area (Å²) >= 11 is 0. The number of imidazole rings is 1. The van der Waals surface area contributed by atoms with E-state index in [2.05, 4.69) is 4.98 Å². The number of fused-ring (bicyclic) bond motifs is 1. The van der Waals surface area contributed by atoms with Gasteiger partial charge in [0.05, 0.1) is 17.4 Å². The maximum Gasteiger partial charge on any atom is 0.222 e. The average molecular weight is 261 g/mol. The number of hydrogen-bond acceptors (Lipinski definition) is 3. The molecule has 2 rings (SSSR count). The van der Waals surface area contributed by atoms with Crippen LogP contribution in [0.1, 0.15) is 18.4 Å². The van der Waals surface area contributed by atoms with Crippen LogP contribution in [0.15, 0.2) is 24.5 Å². The van der Waals surface area contributed by atoms with Crippen LogP contribution in [-0.4, -0.2) is 39.1 Å². The smallest absolute Gasteiger partial charge is 0.222 e. The van der Waals surface area contributed by atoms with Crippen LogP contribution < -0.4 is 0 Å². The van der Waals surface area contributed by atoms with Gasteiger partial charge in [0, 0.05) is 33.7 Å². The number of aliphatic hydroxyl groups excluding tert-OH is 1. The number of carbonyl (C=O) groups excluding carboxylic acids is 1. The van der Waals surface area contributed by atoms with E-state index in [1.165, 1.54) is 0 Å². The summed E-state index contributed by atoms with van der Waals surface area (Å²) in [5, 5.41) is 8.73. The first-order chi connectivity index (χ1) is 9.11. The van der Waals surface area contributed by atoms with Crippen LogP contribution in [0.2, 0.25) is 0 Å². The molecule has 102 valence electrons. The first-order valence-corrected chi connectivity index (χ1v) is 6.36. The molecule has 2 aromatic rings. The number of aryl methyl sites for hydroxylation is 1. The third kappa shape index (κ3) is 3.12. The molecule has 0 atom stereocenters. The molecule has 0 aliphatic heterocycles. The van der Waals surface area contributed by atoms with Crippen LogP contribution in [0, 0.1) is 0 Å². The van der Waals surface area contributed by atoms with Crippen molar-refractivity contribution in [2.75, 3.05) is 13.7 Å². The summed E-state index contributed by atoms with van der Waals surface area (Å²) < 4.78 is 1.97. The Balaban J connectivity index is 2.06. The number of nitrogens with zero attached hydrogens (tertiary/aromatic N) is 3. The fourth-order valence-electron chi connectivity index (χ4n) is 2.06. The predicted octanol–water partition coefficient (Wildman–Crippen LogP) is 1.30. The van der Waals surface area contributed by atoms with Gasteiger partial charge in [-0.15, -0.1) is 0 Å². The van der Waals surface area contributed by atoms with Gasteiger partial charge in [-0.05, 0) is 24.1 Å². The Morgan fingerprint density at radius 3 is 3.00 bits per heavy atom. The van der Waals surface area contributed by atoms with E-state index in [0.717, 1.165) is 16.6 Å². The first kappa shape index (κ1) is 13.5. The van der Waals surface area contributed by atoms with E-state index in [9.17, 15) is 4.79 Å². The van der Waals surface area contributed by atoms with Crippen molar-refractivity contribution in [3.05, 3.63) is 30.1 Å². The van der Waals surface area contributed by atoms with Crippen molar-refractivity contribution < 1.29 is 9.90 Å². The minimum atomic E-state index is 0.0511. The highest BCUT2D eigenvalue weighted by Crippen LogP contribution is 2.15. The lowest BCUT2D eigenvalue weighted by molar-refractivity contribution is -0.130. The van der Waals surface area contributed by atoms with Crippen molar-refractivity contribution in [1.82, 2.24) is 14.5 Å². The van der Waals surface area contributed by atoms with E-state index < -0.39 is 0 Å². The second kappa shape index (κ2) is 5.84. The maximum atomic E-state index is 11.8. The molecule has 1 heterocycles. The number of aromatic nitrogens is 2. The van der Waals surface area contributed by atoms with Gasteiger partial charge in [0.1, 0.15) is 0 Å². The maximum absolute atomic E-state index is 11.8. The molecule has 0 bridgehead atoms. The molecule has 0 spiro atoms. The van der Waals surface area contributed by atoms with Crippen LogP contribution in [0.3, 0.4) is 0 Å². The van der Waals surface area contributed by atoms with Gasteiger partial charge in [0.25, 0.3) is 0 Å². The second-order valence-electron chi connectivity index (χ2n) is 4.76. The highest BCUT2D eigenvalue weighted by molar-refractivity contribution is 5.77.